The van der Waals surface area contributed by atoms with Crippen molar-refractivity contribution < 1.29 is 13.2 Å². The lowest BCUT2D eigenvalue weighted by atomic mass is 10.2. The number of sulfonamides is 1. The molecule has 20 heavy (non-hydrogen) atoms. The van der Waals surface area contributed by atoms with Gasteiger partial charge >= 0.3 is 0 Å². The second kappa shape index (κ2) is 4.75. The molecule has 1 saturated heterocycles. The molecule has 0 bridgehead atoms. The normalized spacial score (nSPS) is 19.9. The summed E-state index contributed by atoms with van der Waals surface area (Å²) in [7, 11) is -1.63. The van der Waals surface area contributed by atoms with Crippen molar-refractivity contribution in [2.45, 2.75) is 17.7 Å². The van der Waals surface area contributed by atoms with Crippen LogP contribution in [-0.4, -0.2) is 45.3 Å². The molecule has 2 heterocycles. The van der Waals surface area contributed by atoms with Crippen LogP contribution < -0.4 is 10.2 Å². The van der Waals surface area contributed by atoms with Gasteiger partial charge in [0.2, 0.25) is 15.9 Å². The van der Waals surface area contributed by atoms with Gasteiger partial charge in [0.15, 0.2) is 0 Å². The summed E-state index contributed by atoms with van der Waals surface area (Å²) < 4.78 is 26.5. The number of anilines is 2. The average Bonchev–Trinajstić information content (AvgIpc) is 2.92. The Bertz CT molecular complexity index is 651. The molecule has 108 valence electrons. The second-order valence-corrected chi connectivity index (χ2v) is 7.13. The van der Waals surface area contributed by atoms with E-state index in [-0.39, 0.29) is 12.5 Å². The van der Waals surface area contributed by atoms with E-state index < -0.39 is 10.0 Å². The Morgan fingerprint density at radius 3 is 2.60 bits per heavy atom. The topological polar surface area (TPSA) is 69.7 Å². The van der Waals surface area contributed by atoms with Gasteiger partial charge in [0.25, 0.3) is 0 Å². The average molecular weight is 295 g/mol. The van der Waals surface area contributed by atoms with Crippen molar-refractivity contribution in [1.29, 1.82) is 0 Å². The highest BCUT2D eigenvalue weighted by atomic mass is 32.2. The van der Waals surface area contributed by atoms with Gasteiger partial charge in [0.05, 0.1) is 22.8 Å². The molecule has 3 rings (SSSR count). The summed E-state index contributed by atoms with van der Waals surface area (Å²) in [5.74, 6) is -0.0878. The number of fused-ring (bicyclic) bond motifs is 1. The van der Waals surface area contributed by atoms with E-state index in [1.807, 2.05) is 0 Å². The number of carbonyl (C=O) groups excluding carboxylic acids is 1. The molecule has 0 aliphatic carbocycles. The number of nitrogens with zero attached hydrogens (tertiary/aromatic N) is 2. The zero-order valence-corrected chi connectivity index (χ0v) is 12.1. The number of rotatable bonds is 2. The van der Waals surface area contributed by atoms with Crippen molar-refractivity contribution in [3.05, 3.63) is 18.2 Å². The zero-order chi connectivity index (χ0) is 14.3. The van der Waals surface area contributed by atoms with Gasteiger partial charge in [-0.25, -0.2) is 8.42 Å². The molecule has 1 aromatic rings. The maximum Gasteiger partial charge on any atom is 0.243 e. The molecule has 1 N–H and O–H groups in total. The van der Waals surface area contributed by atoms with Crippen LogP contribution in [0.25, 0.3) is 0 Å². The largest absolute Gasteiger partial charge is 0.364 e. The number of carbonyl (C=O) groups is 1. The third-order valence-corrected chi connectivity index (χ3v) is 5.63. The monoisotopic (exact) mass is 295 g/mol. The van der Waals surface area contributed by atoms with Crippen molar-refractivity contribution in [3.8, 4) is 0 Å². The number of nitrogens with one attached hydrogen (secondary N) is 1. The summed E-state index contributed by atoms with van der Waals surface area (Å²) in [6.45, 7) is 1.41. The Morgan fingerprint density at radius 1 is 1.20 bits per heavy atom. The van der Waals surface area contributed by atoms with Gasteiger partial charge in [-0.2, -0.15) is 4.31 Å². The number of amides is 1. The maximum atomic E-state index is 12.5. The van der Waals surface area contributed by atoms with Crippen molar-refractivity contribution in [3.63, 3.8) is 0 Å². The molecular formula is C13H17N3O3S. The fourth-order valence-corrected chi connectivity index (χ4v) is 4.20. The number of benzene rings is 1. The molecule has 0 radical (unpaired) electrons. The molecule has 6 nitrogen and oxygen atoms in total. The van der Waals surface area contributed by atoms with Crippen LogP contribution in [0.2, 0.25) is 0 Å². The fraction of sp³-hybridized carbons (Fsp3) is 0.462. The first-order valence-corrected chi connectivity index (χ1v) is 8.08. The Morgan fingerprint density at radius 2 is 1.90 bits per heavy atom. The molecule has 0 unspecified atom stereocenters. The predicted octanol–water partition coefficient (Wildman–Crippen LogP) is 0.859. The first-order chi connectivity index (χ1) is 9.48. The van der Waals surface area contributed by atoms with Gasteiger partial charge in [-0.15, -0.1) is 0 Å². The van der Waals surface area contributed by atoms with Crippen LogP contribution >= 0.6 is 0 Å². The molecule has 1 fully saturated rings. The Labute approximate surface area is 118 Å². The van der Waals surface area contributed by atoms with E-state index in [0.717, 1.165) is 18.5 Å². The highest BCUT2D eigenvalue weighted by Gasteiger charge is 2.29. The second-order valence-electron chi connectivity index (χ2n) is 5.19. The lowest BCUT2D eigenvalue weighted by Gasteiger charge is -2.28. The number of likely N-dealkylation sites (N-methyl/N-ethyl adjacent to an activating group) is 1. The minimum absolute atomic E-state index is 0.0878. The van der Waals surface area contributed by atoms with Gasteiger partial charge in [0.1, 0.15) is 0 Å². The van der Waals surface area contributed by atoms with Crippen LogP contribution in [0.3, 0.4) is 0 Å². The van der Waals surface area contributed by atoms with E-state index in [1.54, 1.807) is 30.1 Å². The molecule has 2 aliphatic rings. The highest BCUT2D eigenvalue weighted by Crippen LogP contribution is 2.32. The first-order valence-electron chi connectivity index (χ1n) is 6.64. The van der Waals surface area contributed by atoms with E-state index in [0.29, 0.717) is 23.7 Å². The Hall–Kier alpha value is -1.60. The van der Waals surface area contributed by atoms with Crippen molar-refractivity contribution >= 4 is 27.3 Å². The quantitative estimate of drug-likeness (QED) is 0.878. The van der Waals surface area contributed by atoms with Gasteiger partial charge in [-0.3, -0.25) is 4.79 Å². The van der Waals surface area contributed by atoms with Gasteiger partial charge in [-0.1, -0.05) is 0 Å². The van der Waals surface area contributed by atoms with Crippen molar-refractivity contribution in [2.24, 2.45) is 0 Å². The first kappa shape index (κ1) is 13.4. The van der Waals surface area contributed by atoms with Crippen LogP contribution in [0.4, 0.5) is 11.4 Å². The fourth-order valence-electron chi connectivity index (χ4n) is 2.66. The predicted molar refractivity (Wildman–Crippen MR) is 76.3 cm³/mol. The van der Waals surface area contributed by atoms with Gasteiger partial charge < -0.3 is 10.2 Å². The summed E-state index contributed by atoms with van der Waals surface area (Å²) in [4.78, 5) is 13.5. The van der Waals surface area contributed by atoms with Crippen LogP contribution in [-0.2, 0) is 14.8 Å². The number of hydrogen-bond donors (Lipinski definition) is 1. The SMILES string of the molecule is CN1CC(=O)Nc2ccc(S(=O)(=O)N3CCCC3)cc21. The van der Waals surface area contributed by atoms with E-state index in [4.69, 9.17) is 0 Å². The standard InChI is InChI=1S/C13H17N3O3S/c1-15-9-13(17)14-11-5-4-10(8-12(11)15)20(18,19)16-6-2-3-7-16/h4-5,8H,2-3,6-7,9H2,1H3,(H,14,17). The van der Waals surface area contributed by atoms with E-state index in [2.05, 4.69) is 5.32 Å². The molecule has 1 amide bonds. The van der Waals surface area contributed by atoms with Crippen molar-refractivity contribution in [2.75, 3.05) is 36.9 Å². The molecule has 1 aromatic carbocycles. The van der Waals surface area contributed by atoms with Crippen LogP contribution in [0.1, 0.15) is 12.8 Å². The lowest BCUT2D eigenvalue weighted by Crippen LogP contribution is -2.35. The summed E-state index contributed by atoms with van der Waals surface area (Å²) in [6.07, 6.45) is 1.83. The maximum absolute atomic E-state index is 12.5. The Kier molecular flexibility index (Phi) is 3.18. The van der Waals surface area contributed by atoms with Crippen LogP contribution in [0.15, 0.2) is 23.1 Å². The number of hydrogen-bond acceptors (Lipinski definition) is 4. The highest BCUT2D eigenvalue weighted by molar-refractivity contribution is 7.89. The van der Waals surface area contributed by atoms with Gasteiger partial charge in [0, 0.05) is 20.1 Å². The van der Waals surface area contributed by atoms with E-state index in [1.165, 1.54) is 4.31 Å². The zero-order valence-electron chi connectivity index (χ0n) is 11.3. The summed E-state index contributed by atoms with van der Waals surface area (Å²) in [5, 5.41) is 2.75. The molecular weight excluding hydrogens is 278 g/mol. The minimum atomic E-state index is -3.42. The third-order valence-electron chi connectivity index (χ3n) is 3.74. The molecule has 0 aromatic heterocycles. The smallest absolute Gasteiger partial charge is 0.243 e. The molecule has 2 aliphatic heterocycles. The summed E-state index contributed by atoms with van der Waals surface area (Å²) >= 11 is 0. The van der Waals surface area contributed by atoms with Gasteiger partial charge in [-0.05, 0) is 31.0 Å². The van der Waals surface area contributed by atoms with Crippen LogP contribution in [0.5, 0.6) is 0 Å². The lowest BCUT2D eigenvalue weighted by molar-refractivity contribution is -0.115. The molecule has 7 heteroatoms. The summed E-state index contributed by atoms with van der Waals surface area (Å²) in [5.41, 5.74) is 1.40. The molecule has 0 spiro atoms. The van der Waals surface area contributed by atoms with Crippen molar-refractivity contribution in [1.82, 2.24) is 4.31 Å². The molecule has 0 atom stereocenters. The third kappa shape index (κ3) is 2.16. The summed E-state index contributed by atoms with van der Waals surface area (Å²) in [6, 6.07) is 4.86. The van der Waals surface area contributed by atoms with E-state index >= 15 is 0 Å². The van der Waals surface area contributed by atoms with Crippen LogP contribution in [0, 0.1) is 0 Å². The molecule has 0 saturated carbocycles. The van der Waals surface area contributed by atoms with E-state index in [9.17, 15) is 13.2 Å². The Balaban J connectivity index is 2.00. The minimum Gasteiger partial charge on any atom is -0.364 e.